The van der Waals surface area contributed by atoms with Crippen molar-refractivity contribution in [2.75, 3.05) is 0 Å². The van der Waals surface area contributed by atoms with Crippen LogP contribution in [0.2, 0.25) is 0 Å². The lowest BCUT2D eigenvalue weighted by Gasteiger charge is -2.16. The maximum Gasteiger partial charge on any atom is 0.247 e. The summed E-state index contributed by atoms with van der Waals surface area (Å²) in [6.45, 7) is 5.85. The first-order valence-corrected chi connectivity index (χ1v) is 7.17. The summed E-state index contributed by atoms with van der Waals surface area (Å²) >= 11 is 0. The monoisotopic (exact) mass is 283 g/mol. The third-order valence-corrected chi connectivity index (χ3v) is 3.39. The van der Waals surface area contributed by atoms with Crippen LogP contribution in [0, 0.1) is 0 Å². The molecule has 0 spiro atoms. The van der Waals surface area contributed by atoms with Crippen LogP contribution in [0.25, 0.3) is 5.69 Å². The molecule has 1 atom stereocenters. The van der Waals surface area contributed by atoms with Gasteiger partial charge < -0.3 is 9.88 Å². The molecule has 2 aromatic rings. The molecule has 1 amide bonds. The van der Waals surface area contributed by atoms with Crippen LogP contribution in [-0.4, -0.2) is 15.5 Å². The molecule has 1 heterocycles. The molecule has 1 aromatic heterocycles. The highest BCUT2D eigenvalue weighted by Gasteiger charge is 2.11. The summed E-state index contributed by atoms with van der Waals surface area (Å²) in [5, 5.41) is 3.02. The normalized spacial score (nSPS) is 13.0. The Morgan fingerprint density at radius 3 is 2.95 bits per heavy atom. The summed E-state index contributed by atoms with van der Waals surface area (Å²) < 4.78 is 1.94. The number of carbonyl (C=O) groups is 1. The van der Waals surface area contributed by atoms with E-state index >= 15 is 0 Å². The highest BCUT2D eigenvalue weighted by Crippen LogP contribution is 2.17. The van der Waals surface area contributed by atoms with Gasteiger partial charge in [0, 0.05) is 23.7 Å². The van der Waals surface area contributed by atoms with E-state index < -0.39 is 0 Å². The number of benzene rings is 1. The van der Waals surface area contributed by atoms with E-state index in [1.165, 1.54) is 0 Å². The molecule has 0 aliphatic heterocycles. The predicted molar refractivity (Wildman–Crippen MR) is 84.2 cm³/mol. The Morgan fingerprint density at radius 1 is 1.48 bits per heavy atom. The summed E-state index contributed by atoms with van der Waals surface area (Å²) in [6.07, 6.45) is 8.21. The third-order valence-electron chi connectivity index (χ3n) is 3.39. The molecule has 1 N–H and O–H groups in total. The number of hydrogen-bond acceptors (Lipinski definition) is 2. The predicted octanol–water partition coefficient (Wildman–Crippen LogP) is 3.41. The van der Waals surface area contributed by atoms with Crippen LogP contribution in [-0.2, 0) is 4.79 Å². The molecule has 2 rings (SSSR count). The van der Waals surface area contributed by atoms with Gasteiger partial charge in [-0.1, -0.05) is 25.1 Å². The molecule has 0 fully saturated rings. The number of amides is 1. The maximum absolute atomic E-state index is 12.0. The quantitative estimate of drug-likeness (QED) is 0.855. The number of allylic oxidation sites excluding steroid dienone is 1. The van der Waals surface area contributed by atoms with E-state index in [0.717, 1.165) is 23.2 Å². The van der Waals surface area contributed by atoms with E-state index in [1.54, 1.807) is 12.5 Å². The maximum atomic E-state index is 12.0. The summed E-state index contributed by atoms with van der Waals surface area (Å²) in [5.74, 6) is -0.0163. The lowest BCUT2D eigenvalue weighted by atomic mass is 10.1. The van der Waals surface area contributed by atoms with E-state index in [1.807, 2.05) is 55.8 Å². The molecule has 0 saturated heterocycles. The van der Waals surface area contributed by atoms with Crippen molar-refractivity contribution in [1.29, 1.82) is 0 Å². The summed E-state index contributed by atoms with van der Waals surface area (Å²) in [4.78, 5) is 16.1. The smallest absolute Gasteiger partial charge is 0.247 e. The fourth-order valence-electron chi connectivity index (χ4n) is 2.16. The van der Waals surface area contributed by atoms with Gasteiger partial charge in [-0.2, -0.15) is 0 Å². The molecule has 1 aromatic carbocycles. The van der Waals surface area contributed by atoms with Crippen LogP contribution in [0.1, 0.15) is 38.8 Å². The topological polar surface area (TPSA) is 46.9 Å². The second-order valence-electron chi connectivity index (χ2n) is 5.06. The van der Waals surface area contributed by atoms with Crippen molar-refractivity contribution < 1.29 is 4.79 Å². The molecule has 0 saturated carbocycles. The molecule has 1 unspecified atom stereocenters. The number of rotatable bonds is 5. The van der Waals surface area contributed by atoms with Gasteiger partial charge in [0.15, 0.2) is 0 Å². The van der Waals surface area contributed by atoms with Crippen molar-refractivity contribution >= 4 is 5.91 Å². The molecule has 0 bridgehead atoms. The minimum Gasteiger partial charge on any atom is -0.346 e. The second kappa shape index (κ2) is 6.88. The minimum atomic E-state index is -0.0406. The van der Waals surface area contributed by atoms with E-state index in [4.69, 9.17) is 0 Å². The fraction of sp³-hybridized carbons (Fsp3) is 0.294. The number of imidazole rings is 1. The lowest BCUT2D eigenvalue weighted by molar-refractivity contribution is -0.118. The van der Waals surface area contributed by atoms with Crippen LogP contribution in [0.4, 0.5) is 0 Å². The lowest BCUT2D eigenvalue weighted by Crippen LogP contribution is -2.27. The largest absolute Gasteiger partial charge is 0.346 e. The number of hydrogen-bond donors (Lipinski definition) is 1. The van der Waals surface area contributed by atoms with Gasteiger partial charge in [-0.15, -0.1) is 0 Å². The fourth-order valence-corrected chi connectivity index (χ4v) is 2.16. The number of carbonyl (C=O) groups excluding carboxylic acids is 1. The standard InChI is InChI=1S/C17H21N3O/c1-4-6-13(2)17(21)19-14(3)15-7-5-8-16(11-15)20-10-9-18-12-20/h5-12,14H,4H2,1-3H3,(H,19,21). The molecule has 110 valence electrons. The van der Waals surface area contributed by atoms with Crippen molar-refractivity contribution in [3.63, 3.8) is 0 Å². The van der Waals surface area contributed by atoms with Gasteiger partial charge in [-0.3, -0.25) is 4.79 Å². The van der Waals surface area contributed by atoms with Gasteiger partial charge in [-0.05, 0) is 38.0 Å². The van der Waals surface area contributed by atoms with Crippen molar-refractivity contribution in [1.82, 2.24) is 14.9 Å². The van der Waals surface area contributed by atoms with Crippen LogP contribution in [0.15, 0.2) is 54.6 Å². The van der Waals surface area contributed by atoms with Crippen molar-refractivity contribution in [3.8, 4) is 5.69 Å². The molecule has 0 radical (unpaired) electrons. The van der Waals surface area contributed by atoms with Gasteiger partial charge in [-0.25, -0.2) is 4.98 Å². The average Bonchev–Trinajstić information content (AvgIpc) is 3.01. The third kappa shape index (κ3) is 3.81. The van der Waals surface area contributed by atoms with Crippen LogP contribution in [0.5, 0.6) is 0 Å². The molecule has 4 nitrogen and oxygen atoms in total. The van der Waals surface area contributed by atoms with Gasteiger partial charge in [0.1, 0.15) is 0 Å². The van der Waals surface area contributed by atoms with E-state index in [2.05, 4.69) is 16.4 Å². The van der Waals surface area contributed by atoms with Crippen molar-refractivity contribution in [3.05, 3.63) is 60.2 Å². The molecule has 4 heteroatoms. The van der Waals surface area contributed by atoms with Crippen LogP contribution in [0.3, 0.4) is 0 Å². The zero-order valence-electron chi connectivity index (χ0n) is 12.7. The molecule has 0 aliphatic rings. The Hall–Kier alpha value is -2.36. The zero-order valence-corrected chi connectivity index (χ0v) is 12.7. The molecule has 21 heavy (non-hydrogen) atoms. The van der Waals surface area contributed by atoms with Gasteiger partial charge in [0.2, 0.25) is 5.91 Å². The number of aromatic nitrogens is 2. The molecular formula is C17H21N3O. The highest BCUT2D eigenvalue weighted by atomic mass is 16.1. The Labute approximate surface area is 125 Å². The van der Waals surface area contributed by atoms with Crippen LogP contribution >= 0.6 is 0 Å². The summed E-state index contributed by atoms with van der Waals surface area (Å²) in [6, 6.07) is 8.04. The first kappa shape index (κ1) is 15.0. The van der Waals surface area contributed by atoms with Crippen molar-refractivity contribution in [2.45, 2.75) is 33.2 Å². The van der Waals surface area contributed by atoms with E-state index in [9.17, 15) is 4.79 Å². The minimum absolute atomic E-state index is 0.0163. The molecular weight excluding hydrogens is 262 g/mol. The number of nitrogens with zero attached hydrogens (tertiary/aromatic N) is 2. The molecule has 0 aliphatic carbocycles. The zero-order chi connectivity index (χ0) is 15.2. The second-order valence-corrected chi connectivity index (χ2v) is 5.06. The Balaban J connectivity index is 2.13. The Morgan fingerprint density at radius 2 is 2.29 bits per heavy atom. The average molecular weight is 283 g/mol. The van der Waals surface area contributed by atoms with Gasteiger partial charge in [0.25, 0.3) is 0 Å². The SMILES string of the molecule is CCC=C(C)C(=O)NC(C)c1cccc(-n2ccnc2)c1. The van der Waals surface area contributed by atoms with Gasteiger partial charge >= 0.3 is 0 Å². The van der Waals surface area contributed by atoms with E-state index in [0.29, 0.717) is 0 Å². The Bertz CT molecular complexity index is 629. The first-order valence-electron chi connectivity index (χ1n) is 7.17. The highest BCUT2D eigenvalue weighted by molar-refractivity contribution is 5.92. The Kier molecular flexibility index (Phi) is 4.93. The first-order chi connectivity index (χ1) is 10.1. The summed E-state index contributed by atoms with van der Waals surface area (Å²) in [7, 11) is 0. The van der Waals surface area contributed by atoms with Crippen LogP contribution < -0.4 is 5.32 Å². The van der Waals surface area contributed by atoms with Crippen molar-refractivity contribution in [2.24, 2.45) is 0 Å². The van der Waals surface area contributed by atoms with Gasteiger partial charge in [0.05, 0.1) is 12.4 Å². The summed E-state index contributed by atoms with van der Waals surface area (Å²) in [5.41, 5.74) is 2.86. The number of nitrogens with one attached hydrogen (secondary N) is 1. The van der Waals surface area contributed by atoms with E-state index in [-0.39, 0.29) is 11.9 Å².